The first-order chi connectivity index (χ1) is 11.9. The lowest BCUT2D eigenvalue weighted by Gasteiger charge is -2.27. The van der Waals surface area contributed by atoms with Crippen molar-refractivity contribution in [1.82, 2.24) is 10.6 Å². The van der Waals surface area contributed by atoms with Crippen LogP contribution in [0.4, 0.5) is 5.69 Å². The molecule has 2 atom stereocenters. The van der Waals surface area contributed by atoms with Crippen LogP contribution in [-0.4, -0.2) is 37.5 Å². The van der Waals surface area contributed by atoms with Crippen molar-refractivity contribution in [3.8, 4) is 0 Å². The minimum absolute atomic E-state index is 0.127. The number of rotatable bonds is 7. The minimum atomic E-state index is -0.595. The van der Waals surface area contributed by atoms with Gasteiger partial charge in [-0.05, 0) is 54.0 Å². The van der Waals surface area contributed by atoms with Gasteiger partial charge in [-0.1, -0.05) is 18.2 Å². The minimum Gasteiger partial charge on any atom is -0.370 e. The molecule has 0 spiro atoms. The fraction of sp³-hybridized carbons (Fsp3) is 0.333. The lowest BCUT2D eigenvalue weighted by Crippen LogP contribution is -2.48. The SMILES string of the molecule is CC(NC(=O)c1ccc(Br)s1)C(=O)NCC(C)N(C)c1ccccc1. The normalized spacial score (nSPS) is 13.0. The number of carbonyl (C=O) groups excluding carboxylic acids is 2. The molecule has 0 saturated carbocycles. The highest BCUT2D eigenvalue weighted by Gasteiger charge is 2.19. The summed E-state index contributed by atoms with van der Waals surface area (Å²) in [7, 11) is 1.99. The zero-order chi connectivity index (χ0) is 18.4. The molecule has 134 valence electrons. The molecular formula is C18H22BrN3O2S. The number of halogens is 1. The van der Waals surface area contributed by atoms with Crippen LogP contribution in [0.25, 0.3) is 0 Å². The van der Waals surface area contributed by atoms with Gasteiger partial charge >= 0.3 is 0 Å². The first kappa shape index (κ1) is 19.5. The second-order valence-electron chi connectivity index (χ2n) is 5.84. The maximum Gasteiger partial charge on any atom is 0.262 e. The van der Waals surface area contributed by atoms with E-state index in [2.05, 4.69) is 31.5 Å². The topological polar surface area (TPSA) is 61.4 Å². The van der Waals surface area contributed by atoms with Gasteiger partial charge in [0.2, 0.25) is 5.91 Å². The van der Waals surface area contributed by atoms with E-state index in [1.54, 1.807) is 13.0 Å². The molecule has 1 aromatic carbocycles. The van der Waals surface area contributed by atoms with Crippen LogP contribution < -0.4 is 15.5 Å². The predicted molar refractivity (Wildman–Crippen MR) is 106 cm³/mol. The Labute approximate surface area is 160 Å². The van der Waals surface area contributed by atoms with Gasteiger partial charge < -0.3 is 15.5 Å². The summed E-state index contributed by atoms with van der Waals surface area (Å²) in [5, 5.41) is 5.61. The fourth-order valence-corrected chi connectivity index (χ4v) is 3.51. The third-order valence-electron chi connectivity index (χ3n) is 3.93. The summed E-state index contributed by atoms with van der Waals surface area (Å²) in [6.45, 7) is 4.22. The van der Waals surface area contributed by atoms with E-state index in [0.29, 0.717) is 11.4 Å². The van der Waals surface area contributed by atoms with E-state index in [4.69, 9.17) is 0 Å². The van der Waals surface area contributed by atoms with E-state index in [0.717, 1.165) is 9.47 Å². The Morgan fingerprint density at radius 3 is 2.44 bits per heavy atom. The fourth-order valence-electron chi connectivity index (χ4n) is 2.23. The number of amides is 2. The van der Waals surface area contributed by atoms with E-state index >= 15 is 0 Å². The van der Waals surface area contributed by atoms with Crippen LogP contribution in [0.5, 0.6) is 0 Å². The van der Waals surface area contributed by atoms with Gasteiger partial charge in [-0.25, -0.2) is 0 Å². The molecule has 1 heterocycles. The van der Waals surface area contributed by atoms with Crippen molar-refractivity contribution < 1.29 is 9.59 Å². The first-order valence-electron chi connectivity index (χ1n) is 8.00. The van der Waals surface area contributed by atoms with Crippen molar-refractivity contribution in [1.29, 1.82) is 0 Å². The zero-order valence-corrected chi connectivity index (χ0v) is 16.9. The Morgan fingerprint density at radius 1 is 1.16 bits per heavy atom. The van der Waals surface area contributed by atoms with Crippen molar-refractivity contribution in [2.24, 2.45) is 0 Å². The van der Waals surface area contributed by atoms with E-state index in [9.17, 15) is 9.59 Å². The van der Waals surface area contributed by atoms with Crippen molar-refractivity contribution in [3.63, 3.8) is 0 Å². The van der Waals surface area contributed by atoms with Gasteiger partial charge in [0.1, 0.15) is 6.04 Å². The third-order valence-corrected chi connectivity index (χ3v) is 5.56. The van der Waals surface area contributed by atoms with Crippen molar-refractivity contribution in [2.75, 3.05) is 18.5 Å². The number of hydrogen-bond acceptors (Lipinski definition) is 4. The van der Waals surface area contributed by atoms with Crippen LogP contribution in [0.1, 0.15) is 23.5 Å². The van der Waals surface area contributed by atoms with Crippen LogP contribution in [-0.2, 0) is 4.79 Å². The summed E-state index contributed by atoms with van der Waals surface area (Å²) < 4.78 is 0.882. The molecule has 2 unspecified atom stereocenters. The Bertz CT molecular complexity index is 720. The quantitative estimate of drug-likeness (QED) is 0.717. The molecule has 0 aliphatic rings. The van der Waals surface area contributed by atoms with Gasteiger partial charge in [-0.15, -0.1) is 11.3 Å². The Hall–Kier alpha value is -1.86. The third kappa shape index (κ3) is 5.57. The largest absolute Gasteiger partial charge is 0.370 e. The first-order valence-corrected chi connectivity index (χ1v) is 9.61. The molecule has 0 radical (unpaired) electrons. The number of nitrogens with one attached hydrogen (secondary N) is 2. The number of thiophene rings is 1. The predicted octanol–water partition coefficient (Wildman–Crippen LogP) is 3.27. The lowest BCUT2D eigenvalue weighted by molar-refractivity contribution is -0.122. The second kappa shape index (κ2) is 9.01. The summed E-state index contributed by atoms with van der Waals surface area (Å²) in [5.41, 5.74) is 1.09. The zero-order valence-electron chi connectivity index (χ0n) is 14.5. The van der Waals surface area contributed by atoms with Crippen molar-refractivity contribution in [2.45, 2.75) is 25.9 Å². The number of anilines is 1. The van der Waals surface area contributed by atoms with Crippen LogP contribution in [0.3, 0.4) is 0 Å². The molecule has 0 aliphatic carbocycles. The molecule has 0 fully saturated rings. The van der Waals surface area contributed by atoms with Gasteiger partial charge in [0.05, 0.1) is 8.66 Å². The summed E-state index contributed by atoms with van der Waals surface area (Å²) in [5.74, 6) is -0.440. The molecule has 7 heteroatoms. The molecule has 0 aliphatic heterocycles. The van der Waals surface area contributed by atoms with Crippen LogP contribution in [0, 0.1) is 0 Å². The van der Waals surface area contributed by atoms with Gasteiger partial charge in [0, 0.05) is 25.3 Å². The number of hydrogen-bond donors (Lipinski definition) is 2. The lowest BCUT2D eigenvalue weighted by atomic mass is 10.2. The maximum absolute atomic E-state index is 12.2. The van der Waals surface area contributed by atoms with Crippen LogP contribution in [0.15, 0.2) is 46.3 Å². The summed E-state index contributed by atoms with van der Waals surface area (Å²) >= 11 is 4.66. The molecule has 2 amide bonds. The number of para-hydroxylation sites is 1. The van der Waals surface area contributed by atoms with Gasteiger partial charge in [-0.3, -0.25) is 9.59 Å². The molecule has 2 rings (SSSR count). The van der Waals surface area contributed by atoms with Crippen LogP contribution >= 0.6 is 27.3 Å². The number of likely N-dealkylation sites (N-methyl/N-ethyl adjacent to an activating group) is 1. The Balaban J connectivity index is 1.81. The monoisotopic (exact) mass is 423 g/mol. The highest BCUT2D eigenvalue weighted by Crippen LogP contribution is 2.21. The number of nitrogens with zero attached hydrogens (tertiary/aromatic N) is 1. The average Bonchev–Trinajstić information content (AvgIpc) is 3.05. The summed E-state index contributed by atoms with van der Waals surface area (Å²) in [4.78, 5) is 27.0. The number of carbonyl (C=O) groups is 2. The smallest absolute Gasteiger partial charge is 0.262 e. The number of benzene rings is 1. The Morgan fingerprint density at radius 2 is 1.84 bits per heavy atom. The molecule has 2 aromatic rings. The van der Waals surface area contributed by atoms with E-state index < -0.39 is 6.04 Å². The van der Waals surface area contributed by atoms with Gasteiger partial charge in [0.25, 0.3) is 5.91 Å². The van der Waals surface area contributed by atoms with Crippen molar-refractivity contribution >= 4 is 44.8 Å². The molecule has 0 bridgehead atoms. The molecule has 5 nitrogen and oxygen atoms in total. The highest BCUT2D eigenvalue weighted by molar-refractivity contribution is 9.11. The summed E-state index contributed by atoms with van der Waals surface area (Å²) in [6.07, 6.45) is 0. The van der Waals surface area contributed by atoms with Crippen LogP contribution in [0.2, 0.25) is 0 Å². The van der Waals surface area contributed by atoms with Gasteiger partial charge in [0.15, 0.2) is 0 Å². The molecule has 1 aromatic heterocycles. The molecule has 0 saturated heterocycles. The van der Waals surface area contributed by atoms with Crippen molar-refractivity contribution in [3.05, 3.63) is 51.1 Å². The average molecular weight is 424 g/mol. The molecule has 25 heavy (non-hydrogen) atoms. The van der Waals surface area contributed by atoms with E-state index in [-0.39, 0.29) is 17.9 Å². The Kier molecular flexibility index (Phi) is 7.01. The molecule has 2 N–H and O–H groups in total. The maximum atomic E-state index is 12.2. The summed E-state index contributed by atoms with van der Waals surface area (Å²) in [6, 6.07) is 13.1. The van der Waals surface area contributed by atoms with E-state index in [1.165, 1.54) is 11.3 Å². The van der Waals surface area contributed by atoms with E-state index in [1.807, 2.05) is 50.4 Å². The van der Waals surface area contributed by atoms with Gasteiger partial charge in [-0.2, -0.15) is 0 Å². The molecular weight excluding hydrogens is 402 g/mol. The second-order valence-corrected chi connectivity index (χ2v) is 8.30. The highest BCUT2D eigenvalue weighted by atomic mass is 79.9. The standard InChI is InChI=1S/C18H22BrN3O2S/c1-12(22(3)14-7-5-4-6-8-14)11-20-17(23)13(2)21-18(24)15-9-10-16(19)25-15/h4-10,12-13H,11H2,1-3H3,(H,20,23)(H,21,24).